The van der Waals surface area contributed by atoms with Crippen LogP contribution >= 0.6 is 35.3 Å². The van der Waals surface area contributed by atoms with Crippen molar-refractivity contribution in [1.82, 2.24) is 9.78 Å². The van der Waals surface area contributed by atoms with Gasteiger partial charge < -0.3 is 5.32 Å². The van der Waals surface area contributed by atoms with E-state index in [4.69, 9.17) is 12.2 Å². The molecular weight excluding hydrogens is 411 g/mol. The first-order valence-corrected chi connectivity index (χ1v) is 9.66. The molecule has 0 aliphatic heterocycles. The summed E-state index contributed by atoms with van der Waals surface area (Å²) in [6.07, 6.45) is 0. The maximum absolute atomic E-state index is 13.0. The van der Waals surface area contributed by atoms with Gasteiger partial charge in [-0.25, -0.2) is 9.07 Å². The number of nitrogens with zero attached hydrogens (tertiary/aromatic N) is 3. The molecule has 2 aromatic carbocycles. The molecule has 0 aliphatic rings. The zero-order chi connectivity index (χ0) is 19.4. The van der Waals surface area contributed by atoms with E-state index in [0.717, 1.165) is 0 Å². The third kappa shape index (κ3) is 4.96. The molecule has 1 heterocycles. The fourth-order valence-corrected chi connectivity index (χ4v) is 4.22. The van der Waals surface area contributed by atoms with Gasteiger partial charge in [0.15, 0.2) is 8.29 Å². The summed E-state index contributed by atoms with van der Waals surface area (Å²) in [5.74, 6) is -0.524. The van der Waals surface area contributed by atoms with Gasteiger partial charge in [-0.3, -0.25) is 14.9 Å². The van der Waals surface area contributed by atoms with Crippen molar-refractivity contribution in [2.75, 3.05) is 11.1 Å². The number of anilines is 1. The first-order valence-electron chi connectivity index (χ1n) is 7.45. The van der Waals surface area contributed by atoms with E-state index in [1.807, 2.05) is 0 Å². The minimum Gasteiger partial charge on any atom is -0.325 e. The maximum atomic E-state index is 13.0. The highest BCUT2D eigenvalue weighted by molar-refractivity contribution is 8.01. The van der Waals surface area contributed by atoms with Gasteiger partial charge >= 0.3 is 0 Å². The van der Waals surface area contributed by atoms with E-state index < -0.39 is 4.92 Å². The number of nitro groups is 1. The van der Waals surface area contributed by atoms with Crippen LogP contribution in [0.4, 0.5) is 15.8 Å². The Bertz CT molecular complexity index is 1030. The van der Waals surface area contributed by atoms with E-state index >= 15 is 0 Å². The number of rotatable bonds is 6. The number of thioether (sulfide) groups is 1. The molecule has 3 aromatic rings. The number of non-ortho nitro benzene ring substituents is 1. The molecule has 1 N–H and O–H groups in total. The van der Waals surface area contributed by atoms with Crippen LogP contribution in [0.1, 0.15) is 0 Å². The number of halogens is 1. The Hall–Kier alpha value is -2.63. The molecule has 11 heteroatoms. The quantitative estimate of drug-likeness (QED) is 0.273. The topological polar surface area (TPSA) is 90.1 Å². The van der Waals surface area contributed by atoms with Crippen LogP contribution < -0.4 is 5.32 Å². The van der Waals surface area contributed by atoms with Gasteiger partial charge in [-0.1, -0.05) is 23.1 Å². The monoisotopic (exact) mass is 422 g/mol. The number of carbonyl (C=O) groups is 1. The van der Waals surface area contributed by atoms with Crippen LogP contribution in [0.15, 0.2) is 52.9 Å². The number of hydrogen-bond acceptors (Lipinski definition) is 7. The summed E-state index contributed by atoms with van der Waals surface area (Å²) in [5.41, 5.74) is 1.06. The average Bonchev–Trinajstić information content (AvgIpc) is 3.02. The molecule has 0 spiro atoms. The van der Waals surface area contributed by atoms with E-state index in [1.165, 1.54) is 64.2 Å². The molecule has 1 amide bonds. The lowest BCUT2D eigenvalue weighted by molar-refractivity contribution is -0.384. The number of carbonyl (C=O) groups excluding carboxylic acids is 1. The van der Waals surface area contributed by atoms with Crippen molar-refractivity contribution in [3.05, 3.63) is 68.4 Å². The number of hydrogen-bond donors (Lipinski definition) is 1. The van der Waals surface area contributed by atoms with Gasteiger partial charge in [-0.15, -0.1) is 5.10 Å². The summed E-state index contributed by atoms with van der Waals surface area (Å²) in [4.78, 5) is 22.2. The number of aromatic nitrogens is 2. The molecule has 138 valence electrons. The Morgan fingerprint density at radius 2 is 1.93 bits per heavy atom. The Labute approximate surface area is 166 Å². The van der Waals surface area contributed by atoms with E-state index in [9.17, 15) is 19.3 Å². The first kappa shape index (κ1) is 19.1. The smallest absolute Gasteiger partial charge is 0.269 e. The SMILES string of the molecule is O=C(CSc1nn(-c2ccc(F)cc2)c(=S)s1)Nc1ccc([N+](=O)[O-])cc1. The van der Waals surface area contributed by atoms with Crippen LogP contribution in [-0.4, -0.2) is 26.4 Å². The Kier molecular flexibility index (Phi) is 5.94. The highest BCUT2D eigenvalue weighted by atomic mass is 32.2. The average molecular weight is 422 g/mol. The molecule has 3 rings (SSSR count). The number of benzene rings is 2. The van der Waals surface area contributed by atoms with Crippen LogP contribution in [0, 0.1) is 19.9 Å². The third-order valence-electron chi connectivity index (χ3n) is 3.29. The molecule has 0 atom stereocenters. The van der Waals surface area contributed by atoms with Crippen LogP contribution in [0.3, 0.4) is 0 Å². The normalized spacial score (nSPS) is 10.6. The van der Waals surface area contributed by atoms with Gasteiger partial charge in [0.2, 0.25) is 5.91 Å². The van der Waals surface area contributed by atoms with Crippen LogP contribution in [0.2, 0.25) is 0 Å². The van der Waals surface area contributed by atoms with Crippen molar-refractivity contribution in [2.24, 2.45) is 0 Å². The summed E-state index contributed by atoms with van der Waals surface area (Å²) in [5, 5.41) is 17.6. The van der Waals surface area contributed by atoms with Gasteiger partial charge in [0, 0.05) is 17.8 Å². The fraction of sp³-hybridized carbons (Fsp3) is 0.0625. The van der Waals surface area contributed by atoms with Gasteiger partial charge in [-0.05, 0) is 48.6 Å². The highest BCUT2D eigenvalue weighted by Gasteiger charge is 2.11. The predicted octanol–water partition coefficient (Wildman–Crippen LogP) is 4.44. The second kappa shape index (κ2) is 8.37. The third-order valence-corrected chi connectivity index (χ3v) is 5.65. The van der Waals surface area contributed by atoms with Gasteiger partial charge in [0.25, 0.3) is 5.69 Å². The predicted molar refractivity (Wildman–Crippen MR) is 105 cm³/mol. The molecular formula is C16H11FN4O3S3. The van der Waals surface area contributed by atoms with Gasteiger partial charge in [-0.2, -0.15) is 0 Å². The summed E-state index contributed by atoms with van der Waals surface area (Å²) in [6, 6.07) is 11.3. The molecule has 0 saturated heterocycles. The lowest BCUT2D eigenvalue weighted by Gasteiger charge is -2.03. The Balaban J connectivity index is 1.60. The molecule has 27 heavy (non-hydrogen) atoms. The maximum Gasteiger partial charge on any atom is 0.269 e. The largest absolute Gasteiger partial charge is 0.325 e. The summed E-state index contributed by atoms with van der Waals surface area (Å²) in [7, 11) is 0. The highest BCUT2D eigenvalue weighted by Crippen LogP contribution is 2.24. The number of nitrogens with one attached hydrogen (secondary N) is 1. The van der Waals surface area contributed by atoms with Crippen LogP contribution in [0.5, 0.6) is 0 Å². The van der Waals surface area contributed by atoms with Crippen molar-refractivity contribution in [3.8, 4) is 5.69 Å². The molecule has 1 aromatic heterocycles. The number of nitro benzene ring substituents is 1. The molecule has 0 unspecified atom stereocenters. The van der Waals surface area contributed by atoms with Crippen LogP contribution in [0.25, 0.3) is 5.69 Å². The summed E-state index contributed by atoms with van der Waals surface area (Å²) >= 11 is 7.72. The second-order valence-corrected chi connectivity index (χ2v) is 8.01. The minimum absolute atomic E-state index is 0.0477. The fourth-order valence-electron chi connectivity index (χ4n) is 2.06. The van der Waals surface area contributed by atoms with E-state index in [-0.39, 0.29) is 23.2 Å². The van der Waals surface area contributed by atoms with Crippen LogP contribution in [-0.2, 0) is 4.79 Å². The molecule has 0 aliphatic carbocycles. The molecule has 0 bridgehead atoms. The van der Waals surface area contributed by atoms with Crippen molar-refractivity contribution in [3.63, 3.8) is 0 Å². The van der Waals surface area contributed by atoms with E-state index in [2.05, 4.69) is 10.4 Å². The van der Waals surface area contributed by atoms with Crippen molar-refractivity contribution >= 4 is 52.6 Å². The van der Waals surface area contributed by atoms with Gasteiger partial charge in [0.1, 0.15) is 5.82 Å². The van der Waals surface area contributed by atoms with E-state index in [1.54, 1.807) is 12.1 Å². The van der Waals surface area contributed by atoms with Gasteiger partial charge in [0.05, 0.1) is 16.4 Å². The zero-order valence-corrected chi connectivity index (χ0v) is 15.9. The molecule has 0 saturated carbocycles. The molecule has 0 radical (unpaired) electrons. The lowest BCUT2D eigenvalue weighted by Crippen LogP contribution is -2.13. The molecule has 7 nitrogen and oxygen atoms in total. The Morgan fingerprint density at radius 3 is 2.56 bits per heavy atom. The zero-order valence-electron chi connectivity index (χ0n) is 13.5. The Morgan fingerprint density at radius 1 is 1.26 bits per heavy atom. The lowest BCUT2D eigenvalue weighted by atomic mass is 10.3. The summed E-state index contributed by atoms with van der Waals surface area (Å²) in [6.45, 7) is 0. The van der Waals surface area contributed by atoms with Crippen molar-refractivity contribution in [1.29, 1.82) is 0 Å². The standard InChI is InChI=1S/C16H11FN4O3S3/c17-10-1-5-12(6-2-10)20-16(25)27-15(19-20)26-9-14(22)18-11-3-7-13(8-4-11)21(23)24/h1-8H,9H2,(H,18,22). The van der Waals surface area contributed by atoms with Crippen molar-refractivity contribution < 1.29 is 14.1 Å². The summed E-state index contributed by atoms with van der Waals surface area (Å²) < 4.78 is 15.6. The van der Waals surface area contributed by atoms with Crippen molar-refractivity contribution in [2.45, 2.75) is 4.34 Å². The first-order chi connectivity index (χ1) is 12.9. The minimum atomic E-state index is -0.507. The van der Waals surface area contributed by atoms with E-state index in [0.29, 0.717) is 19.7 Å². The number of amides is 1. The molecule has 0 fully saturated rings. The second-order valence-electron chi connectivity index (χ2n) is 5.16.